The van der Waals surface area contributed by atoms with Crippen LogP contribution in [-0.2, 0) is 26.7 Å². The van der Waals surface area contributed by atoms with Gasteiger partial charge in [-0.15, -0.1) is 48.0 Å². The Balaban J connectivity index is 0.000000254. The number of nitrogens with zero attached hydrogens (tertiary/aromatic N) is 4. The molecule has 0 spiro atoms. The number of hydrogen-bond donors (Lipinski definition) is 0. The Bertz CT molecular complexity index is 2590. The fraction of sp³-hybridized carbons (Fsp3) is 0.167. The molecule has 0 aliphatic rings. The maximum absolute atomic E-state index is 7.79. The molecule has 4 aromatic carbocycles. The number of aryl methyl sites for hydroxylation is 3. The summed E-state index contributed by atoms with van der Waals surface area (Å²) in [5.74, 6) is 0.679. The van der Waals surface area contributed by atoms with Crippen molar-refractivity contribution in [3.8, 4) is 33.8 Å². The Morgan fingerprint density at radius 1 is 0.857 bits per heavy atom. The van der Waals surface area contributed by atoms with Crippen molar-refractivity contribution in [1.29, 1.82) is 0 Å². The molecule has 0 saturated carbocycles. The molecule has 0 bridgehead atoms. The molecule has 8 rings (SSSR count). The second-order valence-corrected chi connectivity index (χ2v) is 17.7. The molecule has 0 aliphatic heterocycles. The van der Waals surface area contributed by atoms with Gasteiger partial charge in [0, 0.05) is 52.2 Å². The quantitative estimate of drug-likeness (QED) is 0.128. The van der Waals surface area contributed by atoms with E-state index in [-0.39, 0.29) is 37.1 Å². The number of pyridine rings is 2. The summed E-state index contributed by atoms with van der Waals surface area (Å²) in [5, 5.41) is 2.78. The maximum Gasteiger partial charge on any atom is 0.216 e. The fourth-order valence-electron chi connectivity index (χ4n) is 5.88. The third-order valence-corrected chi connectivity index (χ3v) is 10.4. The van der Waals surface area contributed by atoms with E-state index >= 15 is 0 Å². The predicted octanol–water partition coefficient (Wildman–Crippen LogP) is 10.2. The summed E-state index contributed by atoms with van der Waals surface area (Å²) in [6.07, 6.45) is 2.02. The van der Waals surface area contributed by atoms with Crippen LogP contribution in [0.25, 0.3) is 66.9 Å². The van der Waals surface area contributed by atoms with Crippen molar-refractivity contribution >= 4 is 46.4 Å². The van der Waals surface area contributed by atoms with Crippen molar-refractivity contribution in [1.82, 2.24) is 19.5 Å². The van der Waals surface area contributed by atoms with Crippen molar-refractivity contribution < 1.29 is 32.7 Å². The van der Waals surface area contributed by atoms with E-state index in [9.17, 15) is 0 Å². The molecule has 1 radical (unpaired) electrons. The summed E-state index contributed by atoms with van der Waals surface area (Å²) in [7, 11) is -1.23. The number of rotatable bonds is 5. The van der Waals surface area contributed by atoms with Crippen LogP contribution in [0.2, 0.25) is 19.6 Å². The van der Waals surface area contributed by atoms with Gasteiger partial charge in [-0.2, -0.15) is 0 Å². The van der Waals surface area contributed by atoms with Gasteiger partial charge < -0.3 is 14.0 Å². The molecule has 49 heavy (non-hydrogen) atoms. The van der Waals surface area contributed by atoms with Crippen molar-refractivity contribution in [3.63, 3.8) is 0 Å². The number of furan rings is 1. The Morgan fingerprint density at radius 2 is 1.67 bits per heavy atom. The van der Waals surface area contributed by atoms with Crippen LogP contribution in [0.15, 0.2) is 114 Å². The average Bonchev–Trinajstić information content (AvgIpc) is 3.73. The Hall–Kier alpha value is -4.68. The number of imidazole rings is 1. The maximum atomic E-state index is 7.79. The van der Waals surface area contributed by atoms with Crippen LogP contribution in [-0.4, -0.2) is 27.6 Å². The molecular weight excluding hydrogens is 797 g/mol. The minimum absolute atomic E-state index is 0. The van der Waals surface area contributed by atoms with E-state index in [1.807, 2.05) is 67.7 Å². The number of hydrogen-bond acceptors (Lipinski definition) is 4. The third-order valence-electron chi connectivity index (χ3n) is 8.42. The first-order chi connectivity index (χ1) is 25.6. The smallest absolute Gasteiger partial charge is 0.216 e. The molecule has 4 aromatic heterocycles. The summed E-state index contributed by atoms with van der Waals surface area (Å²) >= 11 is 0. The van der Waals surface area contributed by atoms with E-state index in [1.54, 1.807) is 30.3 Å². The Morgan fingerprint density at radius 3 is 2.37 bits per heavy atom. The standard InChI is InChI=1S/C28H22N3O.C14H16NSi.Ir/c1-4-31-24-8-6-5-7-23(24)30-27(31)22-16-15-20(19-12-9-17(2)10-13-19)25-21-14-11-18(3)29-28(21)32-26(22)25;1-16(2,3)13-9-10-14(15-11-13)12-7-5-4-6-8-12;/h5-15H,4H2,1-3H3;4-7,9-11H,1-3H3;/q2*-1;/i2D3,3D3;;. The molecule has 4 heterocycles. The van der Waals surface area contributed by atoms with Gasteiger partial charge in [0.05, 0.1) is 30.5 Å². The van der Waals surface area contributed by atoms with Crippen LogP contribution in [0.5, 0.6) is 0 Å². The zero-order valence-corrected chi connectivity index (χ0v) is 31.0. The van der Waals surface area contributed by atoms with Crippen molar-refractivity contribution in [2.75, 3.05) is 0 Å². The minimum Gasteiger partial charge on any atom is -0.486 e. The van der Waals surface area contributed by atoms with E-state index in [0.29, 0.717) is 28.9 Å². The molecule has 0 N–H and O–H groups in total. The molecule has 247 valence electrons. The monoisotopic (exact) mass is 841 g/mol. The van der Waals surface area contributed by atoms with Crippen LogP contribution in [0, 0.1) is 25.8 Å². The van der Waals surface area contributed by atoms with Gasteiger partial charge >= 0.3 is 0 Å². The number of aromatic nitrogens is 4. The molecule has 0 amide bonds. The summed E-state index contributed by atoms with van der Waals surface area (Å²) in [5.41, 5.74) is 6.94. The summed E-state index contributed by atoms with van der Waals surface area (Å²) < 4.78 is 54.8. The molecule has 5 nitrogen and oxygen atoms in total. The van der Waals surface area contributed by atoms with Gasteiger partial charge in [0.25, 0.3) is 0 Å². The number of fused-ring (bicyclic) bond motifs is 4. The predicted molar refractivity (Wildman–Crippen MR) is 201 cm³/mol. The van der Waals surface area contributed by atoms with Gasteiger partial charge in [-0.1, -0.05) is 90.4 Å². The summed E-state index contributed by atoms with van der Waals surface area (Å²) in [4.78, 5) is 13.7. The average molecular weight is 841 g/mol. The second kappa shape index (κ2) is 14.0. The summed E-state index contributed by atoms with van der Waals surface area (Å²) in [6.45, 7) is 5.12. The van der Waals surface area contributed by atoms with E-state index in [0.717, 1.165) is 38.8 Å². The second-order valence-electron chi connectivity index (χ2n) is 12.6. The van der Waals surface area contributed by atoms with Crippen molar-refractivity contribution in [2.45, 2.75) is 46.8 Å². The van der Waals surface area contributed by atoms with Gasteiger partial charge in [-0.05, 0) is 61.2 Å². The molecule has 0 fully saturated rings. The molecule has 8 aromatic rings. The van der Waals surface area contributed by atoms with E-state index in [4.69, 9.17) is 17.6 Å². The number of benzene rings is 4. The zero-order chi connectivity index (χ0) is 38.4. The van der Waals surface area contributed by atoms with Gasteiger partial charge in [-0.25, -0.2) is 4.98 Å². The first-order valence-electron chi connectivity index (χ1n) is 18.9. The van der Waals surface area contributed by atoms with Gasteiger partial charge in [0.2, 0.25) is 5.71 Å². The molecule has 0 saturated heterocycles. The molecule has 0 aliphatic carbocycles. The summed E-state index contributed by atoms with van der Waals surface area (Å²) in [6, 6.07) is 38.4. The SMILES string of the molecule is C[Si](C)(C)c1ccc(-c2[c-]cccc2)nc1.[2H]C([2H])([2H])c1ccc(-c2c[c-]c(-c3nc4ccccc4n3CC)c3oc4nc(C([2H])([2H])[2H])ccc4c23)cc1.[Ir]. The van der Waals surface area contributed by atoms with Crippen LogP contribution < -0.4 is 5.19 Å². The third kappa shape index (κ3) is 6.79. The fourth-order valence-corrected chi connectivity index (χ4v) is 6.92. The van der Waals surface area contributed by atoms with Gasteiger partial charge in [-0.3, -0.25) is 4.98 Å². The topological polar surface area (TPSA) is 56.7 Å². The first-order valence-corrected chi connectivity index (χ1v) is 19.4. The van der Waals surface area contributed by atoms with Crippen molar-refractivity contribution in [2.24, 2.45) is 0 Å². The van der Waals surface area contributed by atoms with Crippen molar-refractivity contribution in [3.05, 3.63) is 133 Å². The number of para-hydroxylation sites is 2. The largest absolute Gasteiger partial charge is 0.486 e. The van der Waals surface area contributed by atoms with Crippen LogP contribution in [0.3, 0.4) is 0 Å². The van der Waals surface area contributed by atoms with E-state index in [2.05, 4.69) is 58.4 Å². The normalized spacial score (nSPS) is 13.7. The Labute approximate surface area is 310 Å². The van der Waals surface area contributed by atoms with Crippen LogP contribution >= 0.6 is 0 Å². The van der Waals surface area contributed by atoms with E-state index in [1.165, 1.54) is 11.3 Å². The Kier molecular flexibility index (Phi) is 7.79. The van der Waals surface area contributed by atoms with Gasteiger partial charge in [0.15, 0.2) is 0 Å². The molecule has 7 heteroatoms. The van der Waals surface area contributed by atoms with Gasteiger partial charge in [0.1, 0.15) is 0 Å². The minimum atomic E-state index is -2.38. The van der Waals surface area contributed by atoms with E-state index < -0.39 is 21.8 Å². The molecular formula is C42H38IrN4OSi-2. The zero-order valence-electron chi connectivity index (χ0n) is 33.6. The van der Waals surface area contributed by atoms with Crippen LogP contribution in [0.4, 0.5) is 0 Å². The first kappa shape index (κ1) is 27.2. The molecule has 0 unspecified atom stereocenters. The molecule has 0 atom stereocenters. The van der Waals surface area contributed by atoms with Crippen LogP contribution in [0.1, 0.15) is 26.4 Å².